The van der Waals surface area contributed by atoms with Crippen molar-refractivity contribution in [2.45, 2.75) is 42.9 Å². The van der Waals surface area contributed by atoms with Crippen LogP contribution in [0.5, 0.6) is 0 Å². The first-order valence-electron chi connectivity index (χ1n) is 7.63. The summed E-state index contributed by atoms with van der Waals surface area (Å²) in [6, 6.07) is 8.34. The third-order valence-corrected chi connectivity index (χ3v) is 5.09. The van der Waals surface area contributed by atoms with Gasteiger partial charge in [-0.2, -0.15) is 14.9 Å². The molecule has 1 aliphatic carbocycles. The lowest BCUT2D eigenvalue weighted by Gasteiger charge is -2.19. The molecule has 1 aliphatic rings. The molecule has 6 heteroatoms. The number of hydrogen-bond donors (Lipinski definition) is 1. The molecule has 1 N–H and O–H groups in total. The Hall–Kier alpha value is -1.40. The second-order valence-electron chi connectivity index (χ2n) is 5.55. The fourth-order valence-electron chi connectivity index (χ4n) is 2.85. The molecule has 0 bridgehead atoms. The third-order valence-electron chi connectivity index (χ3n) is 4.08. The van der Waals surface area contributed by atoms with Crippen LogP contribution in [-0.4, -0.2) is 27.3 Å². The Morgan fingerprint density at radius 3 is 2.68 bits per heavy atom. The van der Waals surface area contributed by atoms with Crippen LogP contribution in [0.3, 0.4) is 0 Å². The predicted octanol–water partition coefficient (Wildman–Crippen LogP) is 4.59. The van der Waals surface area contributed by atoms with Gasteiger partial charge in [-0.05, 0) is 49.0 Å². The first-order chi connectivity index (χ1) is 10.8. The first kappa shape index (κ1) is 15.5. The van der Waals surface area contributed by atoms with E-state index in [2.05, 4.69) is 45.8 Å². The van der Waals surface area contributed by atoms with Crippen molar-refractivity contribution in [2.24, 2.45) is 5.10 Å². The van der Waals surface area contributed by atoms with Crippen LogP contribution in [0.25, 0.3) is 0 Å². The second kappa shape index (κ2) is 7.24. The van der Waals surface area contributed by atoms with Crippen LogP contribution in [0.1, 0.15) is 49.4 Å². The molecule has 0 atom stereocenters. The molecule has 0 unspecified atom stereocenters. The van der Waals surface area contributed by atoms with Gasteiger partial charge in [0, 0.05) is 10.8 Å². The summed E-state index contributed by atoms with van der Waals surface area (Å²) in [5.74, 6) is 1.44. The molecule has 1 saturated carbocycles. The summed E-state index contributed by atoms with van der Waals surface area (Å²) in [5.41, 5.74) is 1.07. The molecule has 0 aliphatic heterocycles. The highest BCUT2D eigenvalue weighted by Crippen LogP contribution is 2.31. The maximum Gasteiger partial charge on any atom is 0.216 e. The molecule has 116 valence electrons. The van der Waals surface area contributed by atoms with E-state index in [9.17, 15) is 0 Å². The van der Waals surface area contributed by atoms with Crippen LogP contribution < -0.4 is 0 Å². The molecule has 0 radical (unpaired) electrons. The zero-order valence-corrected chi connectivity index (χ0v) is 14.3. The largest absolute Gasteiger partial charge is 0.250 e. The maximum absolute atomic E-state index is 5.32. The minimum Gasteiger partial charge on any atom is -0.250 e. The highest BCUT2D eigenvalue weighted by molar-refractivity contribution is 7.98. The molecule has 1 aromatic carbocycles. The minimum atomic E-state index is 0.470. The van der Waals surface area contributed by atoms with Crippen LogP contribution in [0, 0.1) is 4.77 Å². The lowest BCUT2D eigenvalue weighted by molar-refractivity contribution is 0.419. The molecular weight excluding hydrogens is 312 g/mol. The molecule has 1 heterocycles. The van der Waals surface area contributed by atoms with E-state index >= 15 is 0 Å². The molecule has 4 nitrogen and oxygen atoms in total. The number of aromatic nitrogens is 3. The van der Waals surface area contributed by atoms with E-state index in [-0.39, 0.29) is 0 Å². The summed E-state index contributed by atoms with van der Waals surface area (Å²) in [5, 5.41) is 11.8. The number of benzene rings is 1. The quantitative estimate of drug-likeness (QED) is 0.506. The van der Waals surface area contributed by atoms with Crippen molar-refractivity contribution in [1.82, 2.24) is 14.9 Å². The predicted molar refractivity (Wildman–Crippen MR) is 94.5 cm³/mol. The van der Waals surface area contributed by atoms with E-state index in [0.29, 0.717) is 10.7 Å². The van der Waals surface area contributed by atoms with Crippen molar-refractivity contribution in [3.05, 3.63) is 40.4 Å². The average Bonchev–Trinajstić information content (AvgIpc) is 2.95. The summed E-state index contributed by atoms with van der Waals surface area (Å²) >= 11 is 7.06. The van der Waals surface area contributed by atoms with E-state index in [1.165, 1.54) is 37.0 Å². The topological polar surface area (TPSA) is 46.0 Å². The van der Waals surface area contributed by atoms with Crippen molar-refractivity contribution in [3.8, 4) is 0 Å². The van der Waals surface area contributed by atoms with E-state index < -0.39 is 0 Å². The van der Waals surface area contributed by atoms with Gasteiger partial charge in [0.25, 0.3) is 0 Å². The molecule has 0 saturated heterocycles. The zero-order chi connectivity index (χ0) is 15.4. The molecule has 2 aromatic rings. The van der Waals surface area contributed by atoms with Crippen molar-refractivity contribution >= 4 is 30.2 Å². The summed E-state index contributed by atoms with van der Waals surface area (Å²) in [6.45, 7) is 0. The average molecular weight is 332 g/mol. The Morgan fingerprint density at radius 2 is 2.00 bits per heavy atom. The van der Waals surface area contributed by atoms with Crippen LogP contribution in [0.4, 0.5) is 0 Å². The SMILES string of the molecule is CSc1ccc(/C=N\n2c(C3CCCCC3)n[nH]c2=S)cc1. The van der Waals surface area contributed by atoms with Crippen LogP contribution in [-0.2, 0) is 0 Å². The Balaban J connectivity index is 1.83. The lowest BCUT2D eigenvalue weighted by Crippen LogP contribution is -2.10. The zero-order valence-electron chi connectivity index (χ0n) is 12.7. The van der Waals surface area contributed by atoms with Gasteiger partial charge in [0.05, 0.1) is 6.21 Å². The summed E-state index contributed by atoms with van der Waals surface area (Å²) in [6.07, 6.45) is 10.1. The molecule has 3 rings (SSSR count). The normalized spacial score (nSPS) is 16.4. The van der Waals surface area contributed by atoms with Crippen LogP contribution in [0.15, 0.2) is 34.3 Å². The fraction of sp³-hybridized carbons (Fsp3) is 0.438. The van der Waals surface area contributed by atoms with Crippen molar-refractivity contribution < 1.29 is 0 Å². The highest BCUT2D eigenvalue weighted by Gasteiger charge is 2.21. The number of nitrogens with zero attached hydrogens (tertiary/aromatic N) is 3. The molecule has 0 spiro atoms. The molecule has 1 fully saturated rings. The Bertz CT molecular complexity index is 694. The Labute approximate surface area is 140 Å². The van der Waals surface area contributed by atoms with E-state index in [1.807, 2.05) is 6.21 Å². The number of rotatable bonds is 4. The number of thioether (sulfide) groups is 1. The second-order valence-corrected chi connectivity index (χ2v) is 6.82. The van der Waals surface area contributed by atoms with Crippen LogP contribution in [0.2, 0.25) is 0 Å². The third kappa shape index (κ3) is 3.50. The van der Waals surface area contributed by atoms with Gasteiger partial charge in [-0.1, -0.05) is 31.4 Å². The van der Waals surface area contributed by atoms with Crippen molar-refractivity contribution in [2.75, 3.05) is 6.26 Å². The standard InChI is InChI=1S/C16H20N4S2/c1-22-14-9-7-12(8-10-14)11-17-20-15(18-19-16(20)21)13-5-3-2-4-6-13/h7-11,13H,2-6H2,1H3,(H,19,21)/b17-11-. The van der Waals surface area contributed by atoms with Gasteiger partial charge in [0.15, 0.2) is 5.82 Å². The van der Waals surface area contributed by atoms with E-state index in [4.69, 9.17) is 12.2 Å². The fourth-order valence-corrected chi connectivity index (χ4v) is 3.45. The van der Waals surface area contributed by atoms with E-state index in [0.717, 1.165) is 11.4 Å². The van der Waals surface area contributed by atoms with Gasteiger partial charge in [0.2, 0.25) is 4.77 Å². The van der Waals surface area contributed by atoms with Gasteiger partial charge in [-0.15, -0.1) is 11.8 Å². The van der Waals surface area contributed by atoms with Gasteiger partial charge in [-0.25, -0.2) is 0 Å². The first-order valence-corrected chi connectivity index (χ1v) is 9.27. The smallest absolute Gasteiger partial charge is 0.216 e. The summed E-state index contributed by atoms with van der Waals surface area (Å²) < 4.78 is 2.35. The Kier molecular flexibility index (Phi) is 5.10. The Morgan fingerprint density at radius 1 is 1.27 bits per heavy atom. The lowest BCUT2D eigenvalue weighted by atomic mass is 9.89. The van der Waals surface area contributed by atoms with Crippen molar-refractivity contribution in [3.63, 3.8) is 0 Å². The van der Waals surface area contributed by atoms with Crippen LogP contribution >= 0.6 is 24.0 Å². The van der Waals surface area contributed by atoms with Gasteiger partial charge >= 0.3 is 0 Å². The molecule has 1 aromatic heterocycles. The summed E-state index contributed by atoms with van der Waals surface area (Å²) in [7, 11) is 0. The number of aromatic amines is 1. The number of H-pyrrole nitrogens is 1. The monoisotopic (exact) mass is 332 g/mol. The molecular formula is C16H20N4S2. The van der Waals surface area contributed by atoms with Gasteiger partial charge < -0.3 is 0 Å². The number of nitrogens with one attached hydrogen (secondary N) is 1. The molecule has 0 amide bonds. The van der Waals surface area contributed by atoms with E-state index in [1.54, 1.807) is 16.4 Å². The maximum atomic E-state index is 5.32. The number of hydrogen-bond acceptors (Lipinski definition) is 4. The summed E-state index contributed by atoms with van der Waals surface area (Å²) in [4.78, 5) is 1.25. The highest BCUT2D eigenvalue weighted by atomic mass is 32.2. The van der Waals surface area contributed by atoms with Gasteiger partial charge in [-0.3, -0.25) is 5.10 Å². The minimum absolute atomic E-state index is 0.470. The molecule has 22 heavy (non-hydrogen) atoms. The van der Waals surface area contributed by atoms with Crippen molar-refractivity contribution in [1.29, 1.82) is 0 Å². The van der Waals surface area contributed by atoms with Gasteiger partial charge in [0.1, 0.15) is 0 Å².